The molecule has 3 aliphatic carbocycles. The second-order valence-corrected chi connectivity index (χ2v) is 5.26. The average Bonchev–Trinajstić information content (AvgIpc) is 2.28. The van der Waals surface area contributed by atoms with Gasteiger partial charge in [-0.25, -0.2) is 0 Å². The lowest BCUT2D eigenvalue weighted by molar-refractivity contribution is 0.0738. The summed E-state index contributed by atoms with van der Waals surface area (Å²) >= 11 is 4.12. The van der Waals surface area contributed by atoms with Gasteiger partial charge in [-0.15, -0.1) is 0 Å². The monoisotopic (exact) mass is 212 g/mol. The molecule has 3 rings (SSSR count). The first kappa shape index (κ1) is 10.3. The molecule has 0 saturated heterocycles. The van der Waals surface area contributed by atoms with Gasteiger partial charge in [-0.3, -0.25) is 4.99 Å². The van der Waals surface area contributed by atoms with Crippen molar-refractivity contribution in [3.63, 3.8) is 0 Å². The maximum Gasteiger partial charge on any atom is 0.103 e. The van der Waals surface area contributed by atoms with Crippen molar-refractivity contribution in [3.05, 3.63) is 0 Å². The Morgan fingerprint density at radius 1 is 1.29 bits per heavy atom. The molecule has 2 nitrogen and oxygen atoms in total. The van der Waals surface area contributed by atoms with E-state index >= 15 is 0 Å². The van der Waals surface area contributed by atoms with Crippen molar-refractivity contribution < 1.29 is 0 Å². The summed E-state index contributed by atoms with van der Waals surface area (Å²) in [5, 5.41) is 0. The van der Waals surface area contributed by atoms with Crippen LogP contribution in [0.15, 0.2) is 4.99 Å². The van der Waals surface area contributed by atoms with Crippen molar-refractivity contribution >= 4 is 18.5 Å². The maximum absolute atomic E-state index is 5.69. The van der Waals surface area contributed by atoms with E-state index in [1.54, 1.807) is 0 Å². The van der Waals surface area contributed by atoms with E-state index in [9.17, 15) is 0 Å². The first-order chi connectivity index (χ1) is 6.74. The second kappa shape index (κ2) is 4.13. The van der Waals surface area contributed by atoms with E-state index in [0.717, 1.165) is 12.5 Å². The quantitative estimate of drug-likeness (QED) is 0.420. The summed E-state index contributed by atoms with van der Waals surface area (Å²) in [5.41, 5.74) is 6.21. The van der Waals surface area contributed by atoms with Gasteiger partial charge in [0.05, 0.1) is 0 Å². The fourth-order valence-electron chi connectivity index (χ4n) is 2.90. The van der Waals surface area contributed by atoms with Crippen molar-refractivity contribution in [2.24, 2.45) is 22.1 Å². The van der Waals surface area contributed by atoms with Crippen LogP contribution in [0, 0.1) is 11.3 Å². The van der Waals surface area contributed by atoms with Crippen LogP contribution < -0.4 is 5.73 Å². The molecule has 3 heteroatoms. The molecule has 0 spiro atoms. The lowest BCUT2D eigenvalue weighted by Crippen LogP contribution is -2.37. The third-order valence-electron chi connectivity index (χ3n) is 4.03. The van der Waals surface area contributed by atoms with Crippen LogP contribution in [-0.2, 0) is 0 Å². The summed E-state index contributed by atoms with van der Waals surface area (Å²) in [6, 6.07) is 0. The van der Waals surface area contributed by atoms with E-state index in [0.29, 0.717) is 17.0 Å². The third kappa shape index (κ3) is 2.08. The molecule has 0 aromatic rings. The predicted molar refractivity (Wildman–Crippen MR) is 64.0 cm³/mol. The van der Waals surface area contributed by atoms with Gasteiger partial charge in [0.25, 0.3) is 0 Å². The summed E-state index contributed by atoms with van der Waals surface area (Å²) in [4.78, 5) is 4.45. The van der Waals surface area contributed by atoms with E-state index in [4.69, 9.17) is 5.73 Å². The lowest BCUT2D eigenvalue weighted by Gasteiger charge is -2.45. The molecular formula is C11H20N2S. The number of fused-ring (bicyclic) bond motifs is 3. The Hall–Kier alpha value is -0.180. The molecule has 3 fully saturated rings. The number of rotatable bonds is 3. The van der Waals surface area contributed by atoms with Gasteiger partial charge in [-0.1, -0.05) is 0 Å². The van der Waals surface area contributed by atoms with E-state index in [-0.39, 0.29) is 0 Å². The van der Waals surface area contributed by atoms with Crippen LogP contribution in [0.4, 0.5) is 0 Å². The van der Waals surface area contributed by atoms with Crippen LogP contribution in [0.1, 0.15) is 38.5 Å². The highest BCUT2D eigenvalue weighted by Crippen LogP contribution is 2.50. The van der Waals surface area contributed by atoms with Crippen LogP contribution in [0.3, 0.4) is 0 Å². The number of aliphatic imine (C=N–C) groups is 1. The number of nitrogens with zero attached hydrogens (tertiary/aromatic N) is 1. The standard InChI is InChI=1S/C11H20N2S/c12-10(7-14)13-8-11-4-1-9(2-5-11)3-6-11/h9,14H,1-8H2,(H2,12,13). The van der Waals surface area contributed by atoms with Gasteiger partial charge in [0.1, 0.15) is 5.84 Å². The summed E-state index contributed by atoms with van der Waals surface area (Å²) in [6.45, 7) is 0.951. The summed E-state index contributed by atoms with van der Waals surface area (Å²) in [6.07, 6.45) is 8.41. The topological polar surface area (TPSA) is 38.4 Å². The smallest absolute Gasteiger partial charge is 0.103 e. The van der Waals surface area contributed by atoms with Gasteiger partial charge < -0.3 is 5.73 Å². The summed E-state index contributed by atoms with van der Waals surface area (Å²) in [7, 11) is 0. The zero-order chi connectivity index (χ0) is 10.0. The van der Waals surface area contributed by atoms with Crippen LogP contribution in [0.25, 0.3) is 0 Å². The van der Waals surface area contributed by atoms with Gasteiger partial charge in [0, 0.05) is 12.3 Å². The molecule has 80 valence electrons. The molecule has 0 radical (unpaired) electrons. The molecule has 14 heavy (non-hydrogen) atoms. The van der Waals surface area contributed by atoms with Crippen LogP contribution in [0.5, 0.6) is 0 Å². The number of hydrogen-bond acceptors (Lipinski definition) is 2. The summed E-state index contributed by atoms with van der Waals surface area (Å²) < 4.78 is 0. The number of hydrogen-bond donors (Lipinski definition) is 2. The highest BCUT2D eigenvalue weighted by atomic mass is 32.1. The second-order valence-electron chi connectivity index (χ2n) is 4.95. The number of amidine groups is 1. The lowest BCUT2D eigenvalue weighted by atomic mass is 9.61. The zero-order valence-corrected chi connectivity index (χ0v) is 9.60. The van der Waals surface area contributed by atoms with Gasteiger partial charge >= 0.3 is 0 Å². The number of thiol groups is 1. The molecule has 0 atom stereocenters. The Labute approximate surface area is 91.8 Å². The van der Waals surface area contributed by atoms with Gasteiger partial charge in [0.15, 0.2) is 0 Å². The highest BCUT2D eigenvalue weighted by molar-refractivity contribution is 7.81. The van der Waals surface area contributed by atoms with Crippen molar-refractivity contribution in [1.29, 1.82) is 0 Å². The fraction of sp³-hybridized carbons (Fsp3) is 0.909. The van der Waals surface area contributed by atoms with Crippen molar-refractivity contribution in [3.8, 4) is 0 Å². The molecule has 3 saturated carbocycles. The third-order valence-corrected chi connectivity index (χ3v) is 4.35. The zero-order valence-electron chi connectivity index (χ0n) is 8.71. The molecule has 0 amide bonds. The molecule has 0 unspecified atom stereocenters. The first-order valence-electron chi connectivity index (χ1n) is 5.64. The molecular weight excluding hydrogens is 192 g/mol. The Morgan fingerprint density at radius 3 is 2.36 bits per heavy atom. The van der Waals surface area contributed by atoms with Crippen molar-refractivity contribution in [2.45, 2.75) is 38.5 Å². The largest absolute Gasteiger partial charge is 0.387 e. The average molecular weight is 212 g/mol. The Morgan fingerprint density at radius 2 is 1.86 bits per heavy atom. The normalized spacial score (nSPS) is 37.5. The minimum atomic E-state index is 0.516. The fourth-order valence-corrected chi connectivity index (χ4v) is 3.00. The SMILES string of the molecule is NC(CS)=NCC12CCC(CC1)CC2. The predicted octanol–water partition coefficient (Wildman–Crippen LogP) is 2.24. The molecule has 0 heterocycles. The van der Waals surface area contributed by atoms with E-state index in [1.807, 2.05) is 0 Å². The highest BCUT2D eigenvalue weighted by Gasteiger charge is 2.39. The van der Waals surface area contributed by atoms with E-state index in [2.05, 4.69) is 17.6 Å². The Kier molecular flexibility index (Phi) is 3.05. The molecule has 0 aliphatic heterocycles. The molecule has 2 bridgehead atoms. The molecule has 2 N–H and O–H groups in total. The van der Waals surface area contributed by atoms with Crippen LogP contribution in [-0.4, -0.2) is 18.1 Å². The number of nitrogens with two attached hydrogens (primary N) is 1. The Bertz CT molecular complexity index is 216. The Balaban J connectivity index is 1.95. The minimum Gasteiger partial charge on any atom is -0.387 e. The molecule has 0 aromatic heterocycles. The van der Waals surface area contributed by atoms with Gasteiger partial charge in [-0.2, -0.15) is 12.6 Å². The van der Waals surface area contributed by atoms with Crippen molar-refractivity contribution in [2.75, 3.05) is 12.3 Å². The molecule has 3 aliphatic rings. The first-order valence-corrected chi connectivity index (χ1v) is 6.27. The van der Waals surface area contributed by atoms with Gasteiger partial charge in [-0.05, 0) is 49.9 Å². The molecule has 0 aromatic carbocycles. The summed E-state index contributed by atoms with van der Waals surface area (Å²) in [5.74, 6) is 2.33. The van der Waals surface area contributed by atoms with Crippen LogP contribution in [0.2, 0.25) is 0 Å². The van der Waals surface area contributed by atoms with Crippen LogP contribution >= 0.6 is 12.6 Å². The minimum absolute atomic E-state index is 0.516. The van der Waals surface area contributed by atoms with E-state index in [1.165, 1.54) is 38.5 Å². The van der Waals surface area contributed by atoms with Gasteiger partial charge in [0.2, 0.25) is 0 Å². The maximum atomic E-state index is 5.69. The van der Waals surface area contributed by atoms with Crippen molar-refractivity contribution in [1.82, 2.24) is 0 Å². The van der Waals surface area contributed by atoms with E-state index < -0.39 is 0 Å².